The summed E-state index contributed by atoms with van der Waals surface area (Å²) >= 11 is 0. The molecule has 134 valence electrons. The second-order valence-corrected chi connectivity index (χ2v) is 6.58. The second-order valence-electron chi connectivity index (χ2n) is 6.58. The maximum Gasteiger partial charge on any atom is 0.257 e. The van der Waals surface area contributed by atoms with Crippen LogP contribution in [0.3, 0.4) is 0 Å². The molecule has 26 heavy (non-hydrogen) atoms. The molecule has 4 rings (SSSR count). The molecule has 0 radical (unpaired) electrons. The topological polar surface area (TPSA) is 50.5 Å². The van der Waals surface area contributed by atoms with Crippen LogP contribution in [0.4, 0.5) is 8.78 Å². The molecule has 0 aliphatic carbocycles. The second kappa shape index (κ2) is 6.48. The molecular weight excluding hydrogens is 338 g/mol. The molecular formula is C19H18F2N4O. The van der Waals surface area contributed by atoms with Gasteiger partial charge in [0.1, 0.15) is 11.6 Å². The van der Waals surface area contributed by atoms with Crippen LogP contribution in [0, 0.1) is 18.6 Å². The molecule has 3 aromatic rings. The molecule has 1 amide bonds. The molecule has 1 unspecified atom stereocenters. The molecule has 1 atom stereocenters. The summed E-state index contributed by atoms with van der Waals surface area (Å²) < 4.78 is 28.9. The fourth-order valence-electron chi connectivity index (χ4n) is 3.50. The molecule has 2 aromatic heterocycles. The highest BCUT2D eigenvalue weighted by atomic mass is 19.1. The molecule has 1 aromatic carbocycles. The first-order valence-corrected chi connectivity index (χ1v) is 8.62. The molecule has 3 heterocycles. The fourth-order valence-corrected chi connectivity index (χ4v) is 3.50. The number of carbonyl (C=O) groups excluding carboxylic acids is 1. The Hall–Kier alpha value is -2.83. The van der Waals surface area contributed by atoms with Gasteiger partial charge in [-0.25, -0.2) is 18.3 Å². The zero-order valence-corrected chi connectivity index (χ0v) is 14.3. The van der Waals surface area contributed by atoms with Gasteiger partial charge in [-0.05, 0) is 44.4 Å². The summed E-state index contributed by atoms with van der Waals surface area (Å²) in [5, 5.41) is 4.31. The van der Waals surface area contributed by atoms with E-state index in [9.17, 15) is 13.6 Å². The van der Waals surface area contributed by atoms with E-state index in [1.165, 1.54) is 6.07 Å². The van der Waals surface area contributed by atoms with E-state index in [0.717, 1.165) is 42.8 Å². The summed E-state index contributed by atoms with van der Waals surface area (Å²) in [7, 11) is 0. The van der Waals surface area contributed by atoms with Crippen LogP contribution >= 0.6 is 0 Å². The zero-order valence-electron chi connectivity index (χ0n) is 14.3. The molecule has 1 saturated heterocycles. The number of likely N-dealkylation sites (tertiary alicyclic amines) is 1. The Morgan fingerprint density at radius 1 is 1.19 bits per heavy atom. The van der Waals surface area contributed by atoms with Crippen molar-refractivity contribution in [1.29, 1.82) is 0 Å². The lowest BCUT2D eigenvalue weighted by Gasteiger charge is -2.35. The average Bonchev–Trinajstić information content (AvgIpc) is 3.00. The molecule has 0 saturated carbocycles. The first-order chi connectivity index (χ1) is 12.5. The maximum atomic E-state index is 14.1. The van der Waals surface area contributed by atoms with Gasteiger partial charge >= 0.3 is 0 Å². The number of piperidine rings is 1. The first kappa shape index (κ1) is 16.6. The first-order valence-electron chi connectivity index (χ1n) is 8.62. The number of nitrogens with zero attached hydrogens (tertiary/aromatic N) is 4. The van der Waals surface area contributed by atoms with Gasteiger partial charge in [0.25, 0.3) is 5.91 Å². The number of fused-ring (bicyclic) bond motifs is 1. The minimum Gasteiger partial charge on any atom is -0.330 e. The van der Waals surface area contributed by atoms with Gasteiger partial charge in [0.15, 0.2) is 5.65 Å². The molecule has 0 bridgehead atoms. The Labute approximate surface area is 149 Å². The standard InChI is InChI=1S/C19H18F2N4O/c1-12-10-18-22-16(7-9-25(18)23-12)17-4-2-3-8-24(17)19(26)14-6-5-13(20)11-15(14)21/h5-7,9-11,17H,2-4,8H2,1H3. The van der Waals surface area contributed by atoms with E-state index in [2.05, 4.69) is 10.1 Å². The summed E-state index contributed by atoms with van der Waals surface area (Å²) in [6, 6.07) is 6.53. The molecule has 1 aliphatic heterocycles. The molecule has 5 nitrogen and oxygen atoms in total. The normalized spacial score (nSPS) is 17.7. The van der Waals surface area contributed by atoms with Gasteiger partial charge in [-0.3, -0.25) is 4.79 Å². The highest BCUT2D eigenvalue weighted by molar-refractivity contribution is 5.94. The van der Waals surface area contributed by atoms with Crippen LogP contribution in [0.5, 0.6) is 0 Å². The van der Waals surface area contributed by atoms with Crippen molar-refractivity contribution in [1.82, 2.24) is 19.5 Å². The molecule has 1 aliphatic rings. The van der Waals surface area contributed by atoms with Gasteiger partial charge in [-0.1, -0.05) is 0 Å². The third-order valence-electron chi connectivity index (χ3n) is 4.73. The van der Waals surface area contributed by atoms with Gasteiger partial charge in [0.05, 0.1) is 23.0 Å². The third-order valence-corrected chi connectivity index (χ3v) is 4.73. The summed E-state index contributed by atoms with van der Waals surface area (Å²) in [5.74, 6) is -1.97. The van der Waals surface area contributed by atoms with Crippen molar-refractivity contribution in [3.8, 4) is 0 Å². The van der Waals surface area contributed by atoms with Crippen molar-refractivity contribution in [3.63, 3.8) is 0 Å². The van der Waals surface area contributed by atoms with Crippen LogP contribution in [-0.2, 0) is 0 Å². The average molecular weight is 356 g/mol. The molecule has 0 spiro atoms. The number of rotatable bonds is 2. The smallest absolute Gasteiger partial charge is 0.257 e. The van der Waals surface area contributed by atoms with Crippen molar-refractivity contribution < 1.29 is 13.6 Å². The number of hydrogen-bond donors (Lipinski definition) is 0. The lowest BCUT2D eigenvalue weighted by Crippen LogP contribution is -2.39. The number of benzene rings is 1. The number of hydrogen-bond acceptors (Lipinski definition) is 3. The van der Waals surface area contributed by atoms with Crippen molar-refractivity contribution in [2.24, 2.45) is 0 Å². The number of halogens is 2. The van der Waals surface area contributed by atoms with E-state index in [1.807, 2.05) is 25.3 Å². The Balaban J connectivity index is 1.70. The Morgan fingerprint density at radius 2 is 2.04 bits per heavy atom. The highest BCUT2D eigenvalue weighted by Crippen LogP contribution is 2.31. The van der Waals surface area contributed by atoms with Gasteiger partial charge in [0, 0.05) is 24.9 Å². The largest absolute Gasteiger partial charge is 0.330 e. The Morgan fingerprint density at radius 3 is 2.85 bits per heavy atom. The van der Waals surface area contributed by atoms with Crippen LogP contribution in [0.1, 0.15) is 47.1 Å². The lowest BCUT2D eigenvalue weighted by molar-refractivity contribution is 0.0601. The van der Waals surface area contributed by atoms with Crippen molar-refractivity contribution in [3.05, 3.63) is 65.1 Å². The summed E-state index contributed by atoms with van der Waals surface area (Å²) in [6.07, 6.45) is 4.38. The van der Waals surface area contributed by atoms with E-state index in [1.54, 1.807) is 9.42 Å². The molecule has 0 N–H and O–H groups in total. The molecule has 7 heteroatoms. The van der Waals surface area contributed by atoms with E-state index >= 15 is 0 Å². The van der Waals surface area contributed by atoms with Crippen LogP contribution < -0.4 is 0 Å². The van der Waals surface area contributed by atoms with E-state index in [0.29, 0.717) is 12.2 Å². The minimum atomic E-state index is -0.839. The fraction of sp³-hybridized carbons (Fsp3) is 0.316. The third kappa shape index (κ3) is 2.94. The number of carbonyl (C=O) groups is 1. The van der Waals surface area contributed by atoms with Gasteiger partial charge < -0.3 is 4.90 Å². The zero-order chi connectivity index (χ0) is 18.3. The van der Waals surface area contributed by atoms with Crippen LogP contribution in [0.2, 0.25) is 0 Å². The van der Waals surface area contributed by atoms with Crippen LogP contribution in [0.15, 0.2) is 36.5 Å². The number of aromatic nitrogens is 3. The molecule has 1 fully saturated rings. The van der Waals surface area contributed by atoms with Crippen molar-refractivity contribution in [2.75, 3.05) is 6.54 Å². The van der Waals surface area contributed by atoms with E-state index in [4.69, 9.17) is 0 Å². The minimum absolute atomic E-state index is 0.112. The Kier molecular flexibility index (Phi) is 4.14. The van der Waals surface area contributed by atoms with E-state index < -0.39 is 17.5 Å². The monoisotopic (exact) mass is 356 g/mol. The van der Waals surface area contributed by atoms with Gasteiger partial charge in [-0.2, -0.15) is 5.10 Å². The highest BCUT2D eigenvalue weighted by Gasteiger charge is 2.31. The summed E-state index contributed by atoms with van der Waals surface area (Å²) in [4.78, 5) is 19.2. The van der Waals surface area contributed by atoms with Crippen LogP contribution in [0.25, 0.3) is 5.65 Å². The summed E-state index contributed by atoms with van der Waals surface area (Å²) in [5.41, 5.74) is 2.22. The lowest BCUT2D eigenvalue weighted by atomic mass is 9.97. The van der Waals surface area contributed by atoms with Crippen molar-refractivity contribution >= 4 is 11.6 Å². The van der Waals surface area contributed by atoms with Gasteiger partial charge in [-0.15, -0.1) is 0 Å². The predicted octanol–water partition coefficient (Wildman–Crippen LogP) is 3.68. The van der Waals surface area contributed by atoms with E-state index in [-0.39, 0.29) is 11.6 Å². The number of amides is 1. The number of aryl methyl sites for hydroxylation is 1. The quantitative estimate of drug-likeness (QED) is 0.704. The summed E-state index contributed by atoms with van der Waals surface area (Å²) in [6.45, 7) is 2.41. The SMILES string of the molecule is Cc1cc2nc(C3CCCCN3C(=O)c3ccc(F)cc3F)ccn2n1. The van der Waals surface area contributed by atoms with Gasteiger partial charge in [0.2, 0.25) is 0 Å². The van der Waals surface area contributed by atoms with Crippen LogP contribution in [-0.4, -0.2) is 31.9 Å². The maximum absolute atomic E-state index is 14.1. The van der Waals surface area contributed by atoms with Crippen molar-refractivity contribution in [2.45, 2.75) is 32.2 Å². The predicted molar refractivity (Wildman–Crippen MR) is 91.7 cm³/mol. The Bertz CT molecular complexity index is 985.